The summed E-state index contributed by atoms with van der Waals surface area (Å²) in [4.78, 5) is 1.88. The Morgan fingerprint density at radius 1 is 1.47 bits per heavy atom. The number of hydrogen-bond donors (Lipinski definition) is 3. The van der Waals surface area contributed by atoms with Crippen molar-refractivity contribution in [3.63, 3.8) is 0 Å². The monoisotopic (exact) mass is 259 g/mol. The van der Waals surface area contributed by atoms with Crippen LogP contribution >= 0.6 is 0 Å². The van der Waals surface area contributed by atoms with Crippen LogP contribution in [0.4, 0.5) is 11.4 Å². The van der Waals surface area contributed by atoms with Gasteiger partial charge in [0.1, 0.15) is 0 Å². The van der Waals surface area contributed by atoms with E-state index in [0.717, 1.165) is 0 Å². The van der Waals surface area contributed by atoms with Gasteiger partial charge in [-0.05, 0) is 25.2 Å². The van der Waals surface area contributed by atoms with Gasteiger partial charge in [0, 0.05) is 13.6 Å². The first-order valence-electron chi connectivity index (χ1n) is 5.07. The second kappa shape index (κ2) is 5.35. The summed E-state index contributed by atoms with van der Waals surface area (Å²) < 4.78 is 25.3. The number of nitrogens with two attached hydrogens (primary N) is 1. The van der Waals surface area contributed by atoms with E-state index in [9.17, 15) is 8.42 Å². The lowest BCUT2D eigenvalue weighted by atomic mass is 10.2. The van der Waals surface area contributed by atoms with Gasteiger partial charge in [-0.1, -0.05) is 0 Å². The topological polar surface area (TPSA) is 95.7 Å². The van der Waals surface area contributed by atoms with E-state index in [2.05, 4.69) is 4.72 Å². The summed E-state index contributed by atoms with van der Waals surface area (Å²) in [5.41, 5.74) is 6.84. The average molecular weight is 259 g/mol. The Balaban J connectivity index is 3.10. The Bertz CT molecular complexity index is 488. The van der Waals surface area contributed by atoms with E-state index >= 15 is 0 Å². The third-order valence-electron chi connectivity index (χ3n) is 2.42. The summed E-state index contributed by atoms with van der Waals surface area (Å²) in [6.45, 7) is 0.439. The van der Waals surface area contributed by atoms with Gasteiger partial charge in [-0.3, -0.25) is 0 Å². The van der Waals surface area contributed by atoms with Crippen LogP contribution in [0.5, 0.6) is 0 Å². The van der Waals surface area contributed by atoms with Crippen molar-refractivity contribution in [1.82, 2.24) is 4.72 Å². The summed E-state index contributed by atoms with van der Waals surface area (Å²) in [7, 11) is -0.357. The van der Waals surface area contributed by atoms with E-state index in [4.69, 9.17) is 10.8 Å². The van der Waals surface area contributed by atoms with Crippen molar-refractivity contribution in [1.29, 1.82) is 0 Å². The molecule has 4 N–H and O–H groups in total. The Morgan fingerprint density at radius 2 is 2.12 bits per heavy atom. The van der Waals surface area contributed by atoms with Crippen LogP contribution in [-0.2, 0) is 10.0 Å². The predicted molar refractivity (Wildman–Crippen MR) is 67.5 cm³/mol. The molecule has 0 radical (unpaired) electrons. The molecule has 17 heavy (non-hydrogen) atoms. The fraction of sp³-hybridized carbons (Fsp3) is 0.400. The normalized spacial score (nSPS) is 11.5. The van der Waals surface area contributed by atoms with Gasteiger partial charge in [-0.2, -0.15) is 0 Å². The molecule has 0 atom stereocenters. The van der Waals surface area contributed by atoms with Crippen LogP contribution in [0.3, 0.4) is 0 Å². The van der Waals surface area contributed by atoms with Gasteiger partial charge in [0.05, 0.1) is 22.9 Å². The second-order valence-electron chi connectivity index (χ2n) is 3.57. The molecule has 0 aliphatic rings. The zero-order valence-corrected chi connectivity index (χ0v) is 10.7. The Hall–Kier alpha value is -1.31. The molecule has 1 rings (SSSR count). The molecule has 0 saturated heterocycles. The molecule has 7 heteroatoms. The molecule has 0 aliphatic carbocycles. The highest BCUT2D eigenvalue weighted by Crippen LogP contribution is 2.25. The van der Waals surface area contributed by atoms with Crippen LogP contribution in [0.25, 0.3) is 0 Å². The maximum absolute atomic E-state index is 11.5. The third-order valence-corrected chi connectivity index (χ3v) is 3.84. The van der Waals surface area contributed by atoms with Gasteiger partial charge in [0.25, 0.3) is 0 Å². The van der Waals surface area contributed by atoms with Crippen molar-refractivity contribution in [2.75, 3.05) is 37.9 Å². The van der Waals surface area contributed by atoms with E-state index in [0.29, 0.717) is 17.9 Å². The van der Waals surface area contributed by atoms with Crippen LogP contribution in [0, 0.1) is 0 Å². The smallest absolute Gasteiger partial charge is 0.240 e. The number of hydrogen-bond acceptors (Lipinski definition) is 5. The van der Waals surface area contributed by atoms with Gasteiger partial charge in [0.15, 0.2) is 0 Å². The van der Waals surface area contributed by atoms with Gasteiger partial charge in [-0.15, -0.1) is 0 Å². The van der Waals surface area contributed by atoms with E-state index < -0.39 is 10.0 Å². The van der Waals surface area contributed by atoms with E-state index in [1.165, 1.54) is 19.2 Å². The molecule has 6 nitrogen and oxygen atoms in total. The molecule has 1 aromatic carbocycles. The van der Waals surface area contributed by atoms with Crippen LogP contribution < -0.4 is 15.4 Å². The maximum atomic E-state index is 11.5. The number of aliphatic hydroxyl groups is 1. The fourth-order valence-corrected chi connectivity index (χ4v) is 2.20. The SMILES string of the molecule is CNS(=O)(=O)c1ccc(N(C)CCO)c(N)c1. The number of nitrogens with one attached hydrogen (secondary N) is 1. The van der Waals surface area contributed by atoms with Crippen molar-refractivity contribution >= 4 is 21.4 Å². The predicted octanol–water partition coefficient (Wildman–Crippen LogP) is -0.395. The van der Waals surface area contributed by atoms with E-state index in [1.54, 1.807) is 18.0 Å². The second-order valence-corrected chi connectivity index (χ2v) is 5.46. The summed E-state index contributed by atoms with van der Waals surface area (Å²) in [6.07, 6.45) is 0. The number of anilines is 2. The molecule has 0 unspecified atom stereocenters. The molecule has 0 amide bonds. The maximum Gasteiger partial charge on any atom is 0.240 e. The highest BCUT2D eigenvalue weighted by molar-refractivity contribution is 7.89. The Kier molecular flexibility index (Phi) is 4.33. The van der Waals surface area contributed by atoms with Gasteiger partial charge in [-0.25, -0.2) is 13.1 Å². The molecular formula is C10H17N3O3S. The minimum atomic E-state index is -3.47. The molecule has 0 spiro atoms. The van der Waals surface area contributed by atoms with Gasteiger partial charge < -0.3 is 15.7 Å². The zero-order chi connectivity index (χ0) is 13.1. The first-order valence-corrected chi connectivity index (χ1v) is 6.55. The summed E-state index contributed by atoms with van der Waals surface area (Å²) in [5.74, 6) is 0. The number of aliphatic hydroxyl groups excluding tert-OH is 1. The molecular weight excluding hydrogens is 242 g/mol. The molecule has 0 fully saturated rings. The van der Waals surface area contributed by atoms with Crippen LogP contribution in [0.15, 0.2) is 23.1 Å². The van der Waals surface area contributed by atoms with Crippen LogP contribution in [0.1, 0.15) is 0 Å². The van der Waals surface area contributed by atoms with Crippen molar-refractivity contribution in [3.8, 4) is 0 Å². The number of rotatable bonds is 5. The first-order chi connectivity index (χ1) is 7.92. The highest BCUT2D eigenvalue weighted by Gasteiger charge is 2.14. The molecule has 0 saturated carbocycles. The minimum Gasteiger partial charge on any atom is -0.397 e. The molecule has 0 heterocycles. The van der Waals surface area contributed by atoms with Crippen molar-refractivity contribution in [3.05, 3.63) is 18.2 Å². The summed E-state index contributed by atoms with van der Waals surface area (Å²) in [6, 6.07) is 4.50. The minimum absolute atomic E-state index is 0.00645. The lowest BCUT2D eigenvalue weighted by molar-refractivity contribution is 0.304. The number of benzene rings is 1. The van der Waals surface area contributed by atoms with Crippen molar-refractivity contribution in [2.45, 2.75) is 4.90 Å². The molecule has 1 aromatic rings. The van der Waals surface area contributed by atoms with Gasteiger partial charge in [0.2, 0.25) is 10.0 Å². The first kappa shape index (κ1) is 13.8. The number of likely N-dealkylation sites (N-methyl/N-ethyl adjacent to an activating group) is 1. The lowest BCUT2D eigenvalue weighted by Crippen LogP contribution is -2.23. The number of nitrogen functional groups attached to an aromatic ring is 1. The standard InChI is InChI=1S/C10H17N3O3S/c1-12-17(15,16)8-3-4-10(9(11)7-8)13(2)5-6-14/h3-4,7,12,14H,5-6,11H2,1-2H3. The van der Waals surface area contributed by atoms with Crippen molar-refractivity contribution < 1.29 is 13.5 Å². The quantitative estimate of drug-likeness (QED) is 0.626. The molecule has 0 aromatic heterocycles. The van der Waals surface area contributed by atoms with Crippen molar-refractivity contribution in [2.24, 2.45) is 0 Å². The molecule has 0 bridgehead atoms. The lowest BCUT2D eigenvalue weighted by Gasteiger charge is -2.20. The van der Waals surface area contributed by atoms with E-state index in [1.807, 2.05) is 0 Å². The summed E-state index contributed by atoms with van der Waals surface area (Å²) >= 11 is 0. The zero-order valence-electron chi connectivity index (χ0n) is 9.84. The fourth-order valence-electron chi connectivity index (χ4n) is 1.44. The summed E-state index contributed by atoms with van der Waals surface area (Å²) in [5, 5.41) is 8.82. The van der Waals surface area contributed by atoms with Crippen LogP contribution in [0.2, 0.25) is 0 Å². The average Bonchev–Trinajstić information content (AvgIpc) is 2.29. The molecule has 0 aliphatic heterocycles. The number of sulfonamides is 1. The number of nitrogens with zero attached hydrogens (tertiary/aromatic N) is 1. The Labute approximate surface area is 101 Å². The van der Waals surface area contributed by atoms with Gasteiger partial charge >= 0.3 is 0 Å². The molecule has 96 valence electrons. The van der Waals surface area contributed by atoms with E-state index in [-0.39, 0.29) is 11.5 Å². The highest BCUT2D eigenvalue weighted by atomic mass is 32.2. The van der Waals surface area contributed by atoms with Crippen LogP contribution in [-0.4, -0.2) is 40.8 Å². The largest absolute Gasteiger partial charge is 0.397 e. The Morgan fingerprint density at radius 3 is 2.59 bits per heavy atom. The third kappa shape index (κ3) is 3.09.